The molecule has 6 heteroatoms. The molecule has 1 amide bonds. The van der Waals surface area contributed by atoms with E-state index in [1.807, 2.05) is 47.8 Å². The van der Waals surface area contributed by atoms with Gasteiger partial charge in [-0.05, 0) is 38.5 Å². The molecule has 1 saturated heterocycles. The van der Waals surface area contributed by atoms with E-state index in [2.05, 4.69) is 15.4 Å². The highest BCUT2D eigenvalue weighted by Gasteiger charge is 2.25. The van der Waals surface area contributed by atoms with Crippen LogP contribution < -0.4 is 5.32 Å². The Bertz CT molecular complexity index is 667. The molecule has 0 bridgehead atoms. The van der Waals surface area contributed by atoms with Gasteiger partial charge in [-0.15, -0.1) is 0 Å². The average molecular weight is 313 g/mol. The molecular weight excluding hydrogens is 290 g/mol. The first-order valence-electron chi connectivity index (χ1n) is 8.07. The average Bonchev–Trinajstić information content (AvgIpc) is 3.12. The Labute approximate surface area is 136 Å². The van der Waals surface area contributed by atoms with Crippen LogP contribution in [0, 0.1) is 13.8 Å². The van der Waals surface area contributed by atoms with Gasteiger partial charge in [0.25, 0.3) is 0 Å². The van der Waals surface area contributed by atoms with Crippen molar-refractivity contribution in [2.45, 2.75) is 39.3 Å². The molecular formula is C17H23N5O. The predicted octanol–water partition coefficient (Wildman–Crippen LogP) is 2.00. The largest absolute Gasteiger partial charge is 0.379 e. The Morgan fingerprint density at radius 3 is 3.00 bits per heavy atom. The Morgan fingerprint density at radius 2 is 2.30 bits per heavy atom. The molecule has 1 fully saturated rings. The number of nitrogens with one attached hydrogen (secondary N) is 1. The van der Waals surface area contributed by atoms with Gasteiger partial charge in [0.2, 0.25) is 5.91 Å². The molecule has 1 atom stereocenters. The summed E-state index contributed by atoms with van der Waals surface area (Å²) in [5.74, 6) is 0.202. The van der Waals surface area contributed by atoms with E-state index in [1.54, 1.807) is 6.20 Å². The minimum atomic E-state index is 0.202. The molecule has 0 aliphatic carbocycles. The number of anilines is 1. The molecule has 3 rings (SSSR count). The van der Waals surface area contributed by atoms with Crippen LogP contribution in [-0.4, -0.2) is 44.7 Å². The van der Waals surface area contributed by atoms with Crippen molar-refractivity contribution < 1.29 is 4.79 Å². The van der Waals surface area contributed by atoms with Crippen molar-refractivity contribution in [3.63, 3.8) is 0 Å². The van der Waals surface area contributed by atoms with Gasteiger partial charge < -0.3 is 10.2 Å². The number of likely N-dealkylation sites (tertiary alicyclic amines) is 1. The van der Waals surface area contributed by atoms with Crippen LogP contribution in [-0.2, 0) is 11.3 Å². The molecule has 1 aliphatic rings. The van der Waals surface area contributed by atoms with Crippen LogP contribution in [0.15, 0.2) is 30.6 Å². The molecule has 0 radical (unpaired) electrons. The maximum Gasteiger partial charge on any atom is 0.224 e. The van der Waals surface area contributed by atoms with Crippen LogP contribution in [0.3, 0.4) is 0 Å². The minimum absolute atomic E-state index is 0.202. The van der Waals surface area contributed by atoms with Crippen molar-refractivity contribution in [2.75, 3.05) is 18.4 Å². The van der Waals surface area contributed by atoms with Gasteiger partial charge in [-0.2, -0.15) is 5.10 Å². The third-order valence-corrected chi connectivity index (χ3v) is 4.21. The summed E-state index contributed by atoms with van der Waals surface area (Å²) < 4.78 is 1.91. The van der Waals surface area contributed by atoms with Crippen molar-refractivity contribution in [2.24, 2.45) is 0 Å². The Morgan fingerprint density at radius 1 is 1.43 bits per heavy atom. The minimum Gasteiger partial charge on any atom is -0.379 e. The summed E-state index contributed by atoms with van der Waals surface area (Å²) in [4.78, 5) is 18.4. The number of nitrogens with zero attached hydrogens (tertiary/aromatic N) is 4. The number of aryl methyl sites for hydroxylation is 3. The quantitative estimate of drug-likeness (QED) is 0.917. The fourth-order valence-electron chi connectivity index (χ4n) is 3.05. The lowest BCUT2D eigenvalue weighted by Crippen LogP contribution is -2.32. The van der Waals surface area contributed by atoms with Gasteiger partial charge in [0.05, 0.1) is 11.4 Å². The summed E-state index contributed by atoms with van der Waals surface area (Å²) in [5.41, 5.74) is 3.11. The lowest BCUT2D eigenvalue weighted by atomic mass is 10.2. The normalized spacial score (nSPS) is 17.5. The molecule has 23 heavy (non-hydrogen) atoms. The van der Waals surface area contributed by atoms with Crippen molar-refractivity contribution in [1.82, 2.24) is 19.7 Å². The van der Waals surface area contributed by atoms with Crippen LogP contribution in [0.4, 0.5) is 5.69 Å². The van der Waals surface area contributed by atoms with Crippen molar-refractivity contribution in [3.8, 4) is 0 Å². The van der Waals surface area contributed by atoms with Crippen LogP contribution in [0.5, 0.6) is 0 Å². The number of amides is 1. The Balaban J connectivity index is 1.48. The zero-order chi connectivity index (χ0) is 16.2. The van der Waals surface area contributed by atoms with Gasteiger partial charge in [0.15, 0.2) is 0 Å². The second-order valence-corrected chi connectivity index (χ2v) is 6.11. The summed E-state index contributed by atoms with van der Waals surface area (Å²) in [6, 6.07) is 6.25. The van der Waals surface area contributed by atoms with E-state index in [1.165, 1.54) is 0 Å². The number of aromatic nitrogens is 3. The molecule has 1 aliphatic heterocycles. The summed E-state index contributed by atoms with van der Waals surface area (Å²) >= 11 is 0. The monoisotopic (exact) mass is 313 g/mol. The van der Waals surface area contributed by atoms with E-state index in [4.69, 9.17) is 0 Å². The first-order valence-corrected chi connectivity index (χ1v) is 8.07. The number of hydrogen-bond donors (Lipinski definition) is 1. The van der Waals surface area contributed by atoms with Gasteiger partial charge in [-0.25, -0.2) is 0 Å². The molecule has 0 saturated carbocycles. The summed E-state index contributed by atoms with van der Waals surface area (Å²) in [6.07, 6.45) is 5.05. The first-order chi connectivity index (χ1) is 11.1. The lowest BCUT2D eigenvalue weighted by Gasteiger charge is -2.18. The fourth-order valence-corrected chi connectivity index (χ4v) is 3.05. The second-order valence-electron chi connectivity index (χ2n) is 6.11. The third kappa shape index (κ3) is 3.88. The van der Waals surface area contributed by atoms with Gasteiger partial charge in [-0.1, -0.05) is 0 Å². The van der Waals surface area contributed by atoms with E-state index < -0.39 is 0 Å². The van der Waals surface area contributed by atoms with Gasteiger partial charge >= 0.3 is 0 Å². The van der Waals surface area contributed by atoms with E-state index in [0.717, 1.165) is 36.6 Å². The molecule has 3 heterocycles. The topological polar surface area (TPSA) is 63.1 Å². The fraction of sp³-hybridized carbons (Fsp3) is 0.471. The Hall–Kier alpha value is -2.37. The SMILES string of the molecule is Cc1cc(C)n(CCC(=O)N2CC[C@@H](Nc3cccnc3)C2)n1. The number of rotatable bonds is 5. The van der Waals surface area contributed by atoms with Crippen LogP contribution in [0.1, 0.15) is 24.2 Å². The van der Waals surface area contributed by atoms with Crippen LogP contribution in [0.25, 0.3) is 0 Å². The maximum atomic E-state index is 12.4. The van der Waals surface area contributed by atoms with Crippen molar-refractivity contribution in [1.29, 1.82) is 0 Å². The summed E-state index contributed by atoms with van der Waals surface area (Å²) in [7, 11) is 0. The smallest absolute Gasteiger partial charge is 0.224 e. The molecule has 0 unspecified atom stereocenters. The van der Waals surface area contributed by atoms with Gasteiger partial charge in [0.1, 0.15) is 0 Å². The number of carbonyl (C=O) groups excluding carboxylic acids is 1. The standard InChI is InChI=1S/C17H23N5O/c1-13-10-14(2)22(20-13)9-6-17(23)21-8-5-16(12-21)19-15-4-3-7-18-11-15/h3-4,7,10-11,16,19H,5-6,8-9,12H2,1-2H3/t16-/m1/s1. The maximum absolute atomic E-state index is 12.4. The third-order valence-electron chi connectivity index (χ3n) is 4.21. The van der Waals surface area contributed by atoms with Gasteiger partial charge in [-0.3, -0.25) is 14.5 Å². The summed E-state index contributed by atoms with van der Waals surface area (Å²) in [5, 5.41) is 7.84. The number of hydrogen-bond acceptors (Lipinski definition) is 4. The van der Waals surface area contributed by atoms with Crippen LogP contribution >= 0.6 is 0 Å². The lowest BCUT2D eigenvalue weighted by molar-refractivity contribution is -0.130. The summed E-state index contributed by atoms with van der Waals surface area (Å²) in [6.45, 7) is 6.21. The highest BCUT2D eigenvalue weighted by molar-refractivity contribution is 5.76. The predicted molar refractivity (Wildman–Crippen MR) is 89.2 cm³/mol. The second kappa shape index (κ2) is 6.81. The molecule has 1 N–H and O–H groups in total. The molecule has 0 aromatic carbocycles. The Kier molecular flexibility index (Phi) is 4.60. The molecule has 0 spiro atoms. The number of carbonyl (C=O) groups is 1. The molecule has 122 valence electrons. The number of pyridine rings is 1. The highest BCUT2D eigenvalue weighted by Crippen LogP contribution is 2.16. The van der Waals surface area contributed by atoms with Crippen LogP contribution in [0.2, 0.25) is 0 Å². The molecule has 2 aromatic rings. The van der Waals surface area contributed by atoms with E-state index in [9.17, 15) is 4.79 Å². The van der Waals surface area contributed by atoms with E-state index >= 15 is 0 Å². The molecule has 6 nitrogen and oxygen atoms in total. The first kappa shape index (κ1) is 15.5. The zero-order valence-corrected chi connectivity index (χ0v) is 13.7. The van der Waals surface area contributed by atoms with E-state index in [-0.39, 0.29) is 5.91 Å². The molecule has 2 aromatic heterocycles. The van der Waals surface area contributed by atoms with E-state index in [0.29, 0.717) is 19.0 Å². The highest BCUT2D eigenvalue weighted by atomic mass is 16.2. The van der Waals surface area contributed by atoms with Crippen molar-refractivity contribution in [3.05, 3.63) is 42.0 Å². The van der Waals surface area contributed by atoms with Gasteiger partial charge in [0, 0.05) is 50.2 Å². The zero-order valence-electron chi connectivity index (χ0n) is 13.7. The van der Waals surface area contributed by atoms with Crippen molar-refractivity contribution >= 4 is 11.6 Å².